The van der Waals surface area contributed by atoms with Crippen LogP contribution in [-0.2, 0) is 0 Å². The Labute approximate surface area is 118 Å². The molecule has 1 unspecified atom stereocenters. The van der Waals surface area contributed by atoms with Gasteiger partial charge in [-0.15, -0.1) is 0 Å². The van der Waals surface area contributed by atoms with Crippen LogP contribution in [0.1, 0.15) is 17.2 Å². The average molecular weight is 277 g/mol. The predicted octanol–water partition coefficient (Wildman–Crippen LogP) is 3.38. The number of aliphatic hydroxyl groups excluding tert-OH is 1. The van der Waals surface area contributed by atoms with Crippen molar-refractivity contribution in [3.8, 4) is 0 Å². The number of nitrogens with two attached hydrogens (primary N) is 1. The number of aliphatic hydroxyl groups is 1. The maximum absolute atomic E-state index is 10.1. The van der Waals surface area contributed by atoms with Crippen molar-refractivity contribution >= 4 is 23.0 Å². The summed E-state index contributed by atoms with van der Waals surface area (Å²) >= 11 is 6.05. The number of anilines is 2. The molecule has 2 aromatic carbocycles. The molecule has 2 aromatic rings. The van der Waals surface area contributed by atoms with E-state index in [1.54, 1.807) is 12.1 Å². The van der Waals surface area contributed by atoms with Crippen LogP contribution in [0.25, 0.3) is 0 Å². The van der Waals surface area contributed by atoms with Crippen molar-refractivity contribution in [2.45, 2.75) is 13.0 Å². The highest BCUT2D eigenvalue weighted by Crippen LogP contribution is 2.24. The first kappa shape index (κ1) is 13.7. The van der Waals surface area contributed by atoms with Gasteiger partial charge in [-0.2, -0.15) is 0 Å². The van der Waals surface area contributed by atoms with Gasteiger partial charge in [0.2, 0.25) is 0 Å². The average Bonchev–Trinajstić information content (AvgIpc) is 2.40. The second kappa shape index (κ2) is 5.95. The Kier molecular flexibility index (Phi) is 4.30. The van der Waals surface area contributed by atoms with E-state index in [1.165, 1.54) is 0 Å². The molecule has 0 aliphatic rings. The second-order valence-electron chi connectivity index (χ2n) is 4.48. The first-order valence-corrected chi connectivity index (χ1v) is 6.48. The first-order chi connectivity index (χ1) is 9.08. The molecule has 0 amide bonds. The van der Waals surface area contributed by atoms with Gasteiger partial charge in [0.05, 0.1) is 6.10 Å². The van der Waals surface area contributed by atoms with Crippen LogP contribution < -0.4 is 11.1 Å². The molecule has 0 radical (unpaired) electrons. The maximum Gasteiger partial charge on any atom is 0.0963 e. The molecular weight excluding hydrogens is 260 g/mol. The molecule has 4 heteroatoms. The molecule has 1 atom stereocenters. The van der Waals surface area contributed by atoms with E-state index in [1.807, 2.05) is 37.3 Å². The van der Waals surface area contributed by atoms with E-state index in [0.717, 1.165) is 16.8 Å². The lowest BCUT2D eigenvalue weighted by Gasteiger charge is -2.15. The summed E-state index contributed by atoms with van der Waals surface area (Å²) in [6.45, 7) is 2.35. The van der Waals surface area contributed by atoms with Gasteiger partial charge in [-0.1, -0.05) is 29.8 Å². The van der Waals surface area contributed by atoms with Crippen molar-refractivity contribution in [1.29, 1.82) is 0 Å². The minimum absolute atomic E-state index is 0.407. The third-order valence-electron chi connectivity index (χ3n) is 3.05. The normalized spacial score (nSPS) is 12.2. The largest absolute Gasteiger partial charge is 0.399 e. The van der Waals surface area contributed by atoms with Crippen molar-refractivity contribution in [2.75, 3.05) is 17.6 Å². The van der Waals surface area contributed by atoms with Crippen LogP contribution in [-0.4, -0.2) is 11.7 Å². The van der Waals surface area contributed by atoms with E-state index >= 15 is 0 Å². The quantitative estimate of drug-likeness (QED) is 0.751. The Hall–Kier alpha value is -1.71. The fraction of sp³-hybridized carbons (Fsp3) is 0.200. The summed E-state index contributed by atoms with van der Waals surface area (Å²) in [5.41, 5.74) is 9.05. The monoisotopic (exact) mass is 276 g/mol. The van der Waals surface area contributed by atoms with Crippen LogP contribution in [0.4, 0.5) is 11.4 Å². The van der Waals surface area contributed by atoms with Gasteiger partial charge in [0, 0.05) is 22.9 Å². The zero-order chi connectivity index (χ0) is 13.8. The Morgan fingerprint density at radius 2 is 2.00 bits per heavy atom. The molecule has 0 aliphatic carbocycles. The summed E-state index contributed by atoms with van der Waals surface area (Å²) in [6.07, 6.45) is -0.609. The summed E-state index contributed by atoms with van der Waals surface area (Å²) in [7, 11) is 0. The summed E-state index contributed by atoms with van der Waals surface area (Å²) in [6, 6.07) is 12.9. The van der Waals surface area contributed by atoms with Crippen molar-refractivity contribution in [3.05, 3.63) is 58.6 Å². The molecule has 4 N–H and O–H groups in total. The third-order valence-corrected chi connectivity index (χ3v) is 3.46. The van der Waals surface area contributed by atoms with Gasteiger partial charge in [-0.05, 0) is 42.3 Å². The fourth-order valence-corrected chi connectivity index (χ4v) is 2.06. The number of halogens is 1. The zero-order valence-electron chi connectivity index (χ0n) is 10.7. The van der Waals surface area contributed by atoms with Gasteiger partial charge in [0.1, 0.15) is 0 Å². The highest BCUT2D eigenvalue weighted by atomic mass is 35.5. The molecule has 19 heavy (non-hydrogen) atoms. The summed E-state index contributed by atoms with van der Waals surface area (Å²) < 4.78 is 0. The predicted molar refractivity (Wildman–Crippen MR) is 80.5 cm³/mol. The number of rotatable bonds is 4. The molecule has 0 aliphatic heterocycles. The molecule has 0 spiro atoms. The van der Waals surface area contributed by atoms with Gasteiger partial charge in [0.15, 0.2) is 0 Å². The molecule has 3 nitrogen and oxygen atoms in total. The van der Waals surface area contributed by atoms with Crippen LogP contribution >= 0.6 is 11.6 Å². The third kappa shape index (κ3) is 3.40. The van der Waals surface area contributed by atoms with Crippen molar-refractivity contribution in [3.63, 3.8) is 0 Å². The van der Waals surface area contributed by atoms with Crippen LogP contribution in [0.15, 0.2) is 42.5 Å². The van der Waals surface area contributed by atoms with Gasteiger partial charge < -0.3 is 16.2 Å². The van der Waals surface area contributed by atoms with Crippen LogP contribution in [0.5, 0.6) is 0 Å². The Balaban J connectivity index is 2.04. The summed E-state index contributed by atoms with van der Waals surface area (Å²) in [5.74, 6) is 0. The van der Waals surface area contributed by atoms with E-state index in [9.17, 15) is 5.11 Å². The second-order valence-corrected chi connectivity index (χ2v) is 4.89. The molecule has 0 saturated heterocycles. The standard InChI is InChI=1S/C15H17ClN2O/c1-10-13(16)6-3-7-14(10)18-9-15(19)11-4-2-5-12(17)8-11/h2-8,15,18-19H,9,17H2,1H3. The molecule has 0 fully saturated rings. The SMILES string of the molecule is Cc1c(Cl)cccc1NCC(O)c1cccc(N)c1. The minimum atomic E-state index is -0.609. The Morgan fingerprint density at radius 1 is 1.26 bits per heavy atom. The zero-order valence-corrected chi connectivity index (χ0v) is 11.5. The minimum Gasteiger partial charge on any atom is -0.399 e. The van der Waals surface area contributed by atoms with Crippen LogP contribution in [0, 0.1) is 6.92 Å². The number of nitrogens with one attached hydrogen (secondary N) is 1. The van der Waals surface area contributed by atoms with Gasteiger partial charge >= 0.3 is 0 Å². The molecular formula is C15H17ClN2O. The Bertz CT molecular complexity index is 572. The Morgan fingerprint density at radius 3 is 2.74 bits per heavy atom. The van der Waals surface area contributed by atoms with E-state index in [4.69, 9.17) is 17.3 Å². The molecule has 2 rings (SSSR count). The molecule has 0 saturated carbocycles. The molecule has 0 aromatic heterocycles. The summed E-state index contributed by atoms with van der Waals surface area (Å²) in [4.78, 5) is 0. The molecule has 100 valence electrons. The summed E-state index contributed by atoms with van der Waals surface area (Å²) in [5, 5.41) is 14.0. The fourth-order valence-electron chi connectivity index (χ4n) is 1.89. The lowest BCUT2D eigenvalue weighted by molar-refractivity contribution is 0.191. The molecule has 0 bridgehead atoms. The highest BCUT2D eigenvalue weighted by molar-refractivity contribution is 6.31. The number of hydrogen-bond acceptors (Lipinski definition) is 3. The number of nitrogen functional groups attached to an aromatic ring is 1. The number of hydrogen-bond donors (Lipinski definition) is 3. The van der Waals surface area contributed by atoms with E-state index in [2.05, 4.69) is 5.32 Å². The lowest BCUT2D eigenvalue weighted by atomic mass is 10.1. The van der Waals surface area contributed by atoms with Crippen molar-refractivity contribution in [1.82, 2.24) is 0 Å². The van der Waals surface area contributed by atoms with Gasteiger partial charge in [-0.25, -0.2) is 0 Å². The van der Waals surface area contributed by atoms with E-state index in [0.29, 0.717) is 17.3 Å². The van der Waals surface area contributed by atoms with Crippen LogP contribution in [0.2, 0.25) is 5.02 Å². The topological polar surface area (TPSA) is 58.3 Å². The van der Waals surface area contributed by atoms with Gasteiger partial charge in [-0.3, -0.25) is 0 Å². The van der Waals surface area contributed by atoms with Gasteiger partial charge in [0.25, 0.3) is 0 Å². The van der Waals surface area contributed by atoms with E-state index < -0.39 is 6.10 Å². The maximum atomic E-state index is 10.1. The first-order valence-electron chi connectivity index (χ1n) is 6.10. The lowest BCUT2D eigenvalue weighted by Crippen LogP contribution is -2.13. The van der Waals surface area contributed by atoms with Crippen molar-refractivity contribution < 1.29 is 5.11 Å². The van der Waals surface area contributed by atoms with Crippen molar-refractivity contribution in [2.24, 2.45) is 0 Å². The van der Waals surface area contributed by atoms with E-state index in [-0.39, 0.29) is 0 Å². The van der Waals surface area contributed by atoms with Crippen LogP contribution in [0.3, 0.4) is 0 Å². The number of benzene rings is 2. The highest BCUT2D eigenvalue weighted by Gasteiger charge is 2.08. The smallest absolute Gasteiger partial charge is 0.0963 e. The molecule has 0 heterocycles.